The molecule has 0 fully saturated rings. The summed E-state index contributed by atoms with van der Waals surface area (Å²) in [6.07, 6.45) is -2.25. The zero-order chi connectivity index (χ0) is 20.8. The number of halogens is 3. The van der Waals surface area contributed by atoms with E-state index in [0.29, 0.717) is 11.4 Å². The summed E-state index contributed by atoms with van der Waals surface area (Å²) in [5, 5.41) is 9.57. The molecule has 1 aliphatic rings. The van der Waals surface area contributed by atoms with Gasteiger partial charge in [-0.1, -0.05) is 6.07 Å². The van der Waals surface area contributed by atoms with Gasteiger partial charge in [0.15, 0.2) is 6.04 Å². The van der Waals surface area contributed by atoms with Gasteiger partial charge >= 0.3 is 6.18 Å². The van der Waals surface area contributed by atoms with Crippen molar-refractivity contribution in [2.45, 2.75) is 38.5 Å². The number of rotatable bonds is 3. The normalized spacial score (nSPS) is 18.8. The lowest BCUT2D eigenvalue weighted by Crippen LogP contribution is -2.36. The van der Waals surface area contributed by atoms with Gasteiger partial charge in [-0.15, -0.1) is 0 Å². The standard InChI is InChI=1S/C20H19F3N4O2/c1-11-5-6-13(8-12(11)2)25-19(28)14-10-24-27-17(20(21,22)23)9-15(26-18(14)27)16-4-3-7-29-16/h3-8,10,15,17,26H,9H2,1-2H3,(H,25,28). The van der Waals surface area contributed by atoms with Gasteiger partial charge in [0.25, 0.3) is 5.91 Å². The molecule has 4 rings (SSSR count). The van der Waals surface area contributed by atoms with Gasteiger partial charge in [0.05, 0.1) is 18.5 Å². The Balaban J connectivity index is 1.67. The molecule has 0 aliphatic carbocycles. The number of alkyl halides is 3. The second-order valence-corrected chi connectivity index (χ2v) is 7.11. The van der Waals surface area contributed by atoms with E-state index < -0.39 is 24.2 Å². The first kappa shape index (κ1) is 19.1. The van der Waals surface area contributed by atoms with Crippen LogP contribution in [0.1, 0.15) is 45.7 Å². The third kappa shape index (κ3) is 3.59. The molecule has 2 N–H and O–H groups in total. The van der Waals surface area contributed by atoms with Gasteiger partial charge in [0, 0.05) is 12.1 Å². The minimum atomic E-state index is -4.52. The van der Waals surface area contributed by atoms with Crippen molar-refractivity contribution < 1.29 is 22.4 Å². The zero-order valence-corrected chi connectivity index (χ0v) is 15.7. The summed E-state index contributed by atoms with van der Waals surface area (Å²) in [5.74, 6) is -0.156. The van der Waals surface area contributed by atoms with Gasteiger partial charge in [-0.05, 0) is 49.2 Å². The number of aromatic nitrogens is 2. The molecule has 152 valence electrons. The number of aryl methyl sites for hydroxylation is 2. The van der Waals surface area contributed by atoms with Crippen molar-refractivity contribution >= 4 is 17.4 Å². The molecule has 0 saturated heterocycles. The van der Waals surface area contributed by atoms with E-state index in [-0.39, 0.29) is 17.8 Å². The van der Waals surface area contributed by atoms with Crippen LogP contribution in [0.2, 0.25) is 0 Å². The van der Waals surface area contributed by atoms with Crippen molar-refractivity contribution in [1.82, 2.24) is 9.78 Å². The second kappa shape index (κ2) is 6.98. The minimum Gasteiger partial charge on any atom is -0.467 e. The average Bonchev–Trinajstić information content (AvgIpc) is 3.32. The van der Waals surface area contributed by atoms with Gasteiger partial charge < -0.3 is 15.1 Å². The van der Waals surface area contributed by atoms with E-state index in [2.05, 4.69) is 15.7 Å². The Morgan fingerprint density at radius 1 is 1.28 bits per heavy atom. The average molecular weight is 404 g/mol. The van der Waals surface area contributed by atoms with Crippen LogP contribution in [0.15, 0.2) is 47.2 Å². The Labute approximate surface area is 164 Å². The maximum absolute atomic E-state index is 13.7. The number of hydrogen-bond donors (Lipinski definition) is 2. The Bertz CT molecular complexity index is 1040. The highest BCUT2D eigenvalue weighted by molar-refractivity contribution is 6.07. The Kier molecular flexibility index (Phi) is 4.60. The SMILES string of the molecule is Cc1ccc(NC(=O)c2cnn3c2NC(c2ccco2)CC3C(F)(F)F)cc1C. The maximum Gasteiger partial charge on any atom is 0.410 e. The van der Waals surface area contributed by atoms with Crippen LogP contribution >= 0.6 is 0 Å². The summed E-state index contributed by atoms with van der Waals surface area (Å²) in [7, 11) is 0. The monoisotopic (exact) mass is 404 g/mol. The van der Waals surface area contributed by atoms with Crippen LogP contribution in [0.25, 0.3) is 0 Å². The number of carbonyl (C=O) groups excluding carboxylic acids is 1. The molecule has 0 bridgehead atoms. The molecule has 1 aliphatic heterocycles. The predicted octanol–water partition coefficient (Wildman–Crippen LogP) is 5.01. The summed E-state index contributed by atoms with van der Waals surface area (Å²) in [6.45, 7) is 3.86. The van der Waals surface area contributed by atoms with Crippen molar-refractivity contribution in [1.29, 1.82) is 0 Å². The van der Waals surface area contributed by atoms with E-state index in [1.54, 1.807) is 24.3 Å². The molecule has 2 atom stereocenters. The number of anilines is 2. The Hall–Kier alpha value is -3.23. The number of amides is 1. The number of hydrogen-bond acceptors (Lipinski definition) is 4. The summed E-state index contributed by atoms with van der Waals surface area (Å²) in [5.41, 5.74) is 2.66. The van der Waals surface area contributed by atoms with Gasteiger partial charge in [0.1, 0.15) is 17.1 Å². The molecule has 2 aromatic heterocycles. The molecule has 3 aromatic rings. The van der Waals surface area contributed by atoms with E-state index in [4.69, 9.17) is 4.42 Å². The Morgan fingerprint density at radius 3 is 2.72 bits per heavy atom. The van der Waals surface area contributed by atoms with E-state index in [1.165, 1.54) is 6.26 Å². The first-order valence-corrected chi connectivity index (χ1v) is 9.07. The van der Waals surface area contributed by atoms with Crippen LogP contribution in [0.3, 0.4) is 0 Å². The fourth-order valence-electron chi connectivity index (χ4n) is 3.42. The van der Waals surface area contributed by atoms with Crippen LogP contribution in [0.5, 0.6) is 0 Å². The number of fused-ring (bicyclic) bond motifs is 1. The van der Waals surface area contributed by atoms with Crippen LogP contribution in [0.4, 0.5) is 24.7 Å². The van der Waals surface area contributed by atoms with Crippen molar-refractivity contribution in [2.24, 2.45) is 0 Å². The van der Waals surface area contributed by atoms with Gasteiger partial charge in [-0.2, -0.15) is 18.3 Å². The zero-order valence-electron chi connectivity index (χ0n) is 15.7. The first-order valence-electron chi connectivity index (χ1n) is 9.07. The van der Waals surface area contributed by atoms with Gasteiger partial charge in [-0.25, -0.2) is 4.68 Å². The number of nitrogens with zero attached hydrogens (tertiary/aromatic N) is 2. The van der Waals surface area contributed by atoms with E-state index >= 15 is 0 Å². The van der Waals surface area contributed by atoms with Gasteiger partial charge in [-0.3, -0.25) is 4.79 Å². The Morgan fingerprint density at radius 2 is 2.07 bits per heavy atom. The third-order valence-electron chi connectivity index (χ3n) is 5.13. The molecule has 0 spiro atoms. The molecule has 1 aromatic carbocycles. The molecule has 29 heavy (non-hydrogen) atoms. The van der Waals surface area contributed by atoms with Crippen LogP contribution < -0.4 is 10.6 Å². The number of carbonyl (C=O) groups is 1. The van der Waals surface area contributed by atoms with Gasteiger partial charge in [0.2, 0.25) is 0 Å². The lowest BCUT2D eigenvalue weighted by atomic mass is 10.0. The molecular weight excluding hydrogens is 385 g/mol. The smallest absolute Gasteiger partial charge is 0.410 e. The number of nitrogens with one attached hydrogen (secondary N) is 2. The van der Waals surface area contributed by atoms with Crippen LogP contribution in [0, 0.1) is 13.8 Å². The summed E-state index contributed by atoms with van der Waals surface area (Å²) < 4.78 is 47.1. The van der Waals surface area contributed by atoms with Crippen molar-refractivity contribution in [3.8, 4) is 0 Å². The van der Waals surface area contributed by atoms with E-state index in [0.717, 1.165) is 22.0 Å². The second-order valence-electron chi connectivity index (χ2n) is 7.11. The first-order chi connectivity index (χ1) is 13.7. The molecule has 0 radical (unpaired) electrons. The summed E-state index contributed by atoms with van der Waals surface area (Å²) in [6, 6.07) is 6.04. The van der Waals surface area contributed by atoms with E-state index in [1.807, 2.05) is 19.9 Å². The minimum absolute atomic E-state index is 0.0151. The lowest BCUT2D eigenvalue weighted by molar-refractivity contribution is -0.174. The fourth-order valence-corrected chi connectivity index (χ4v) is 3.42. The molecular formula is C20H19F3N4O2. The lowest BCUT2D eigenvalue weighted by Gasteiger charge is -2.32. The van der Waals surface area contributed by atoms with Crippen molar-refractivity contribution in [3.63, 3.8) is 0 Å². The highest BCUT2D eigenvalue weighted by Gasteiger charge is 2.47. The maximum atomic E-state index is 13.7. The third-order valence-corrected chi connectivity index (χ3v) is 5.13. The van der Waals surface area contributed by atoms with Crippen LogP contribution in [-0.4, -0.2) is 21.9 Å². The van der Waals surface area contributed by atoms with Crippen molar-refractivity contribution in [3.05, 3.63) is 65.2 Å². The number of benzene rings is 1. The quantitative estimate of drug-likeness (QED) is 0.644. The topological polar surface area (TPSA) is 72.1 Å². The largest absolute Gasteiger partial charge is 0.467 e. The highest BCUT2D eigenvalue weighted by Crippen LogP contribution is 2.44. The molecule has 3 heterocycles. The molecule has 0 saturated carbocycles. The predicted molar refractivity (Wildman–Crippen MR) is 101 cm³/mol. The molecule has 1 amide bonds. The number of furan rings is 1. The fraction of sp³-hybridized carbons (Fsp3) is 0.300. The molecule has 6 nitrogen and oxygen atoms in total. The molecule has 9 heteroatoms. The van der Waals surface area contributed by atoms with E-state index in [9.17, 15) is 18.0 Å². The summed E-state index contributed by atoms with van der Waals surface area (Å²) >= 11 is 0. The van der Waals surface area contributed by atoms with Crippen LogP contribution in [-0.2, 0) is 0 Å². The highest BCUT2D eigenvalue weighted by atomic mass is 19.4. The van der Waals surface area contributed by atoms with Crippen molar-refractivity contribution in [2.75, 3.05) is 10.6 Å². The summed E-state index contributed by atoms with van der Waals surface area (Å²) in [4.78, 5) is 12.8. The molecule has 2 unspecified atom stereocenters.